The summed E-state index contributed by atoms with van der Waals surface area (Å²) in [5.74, 6) is -0.770. The topological polar surface area (TPSA) is 151 Å². The third-order valence-electron chi connectivity index (χ3n) is 5.60. The Bertz CT molecular complexity index is 1460. The summed E-state index contributed by atoms with van der Waals surface area (Å²) in [6, 6.07) is 9.21. The summed E-state index contributed by atoms with van der Waals surface area (Å²) in [5.41, 5.74) is 1.20. The molecule has 3 N–H and O–H groups in total. The van der Waals surface area contributed by atoms with Gasteiger partial charge in [0.2, 0.25) is 10.0 Å². The van der Waals surface area contributed by atoms with Gasteiger partial charge in [-0.15, -0.1) is 0 Å². The maximum Gasteiger partial charge on any atom is 0.322 e. The highest BCUT2D eigenvalue weighted by atomic mass is 32.2. The van der Waals surface area contributed by atoms with Crippen LogP contribution in [0.4, 0.5) is 10.6 Å². The van der Waals surface area contributed by atoms with Gasteiger partial charge in [0, 0.05) is 18.2 Å². The van der Waals surface area contributed by atoms with Crippen LogP contribution in [0.5, 0.6) is 0 Å². The molecule has 5 rings (SSSR count). The number of imide groups is 1. The minimum absolute atomic E-state index is 0.0739. The minimum atomic E-state index is -3.54. The Hall–Kier alpha value is -3.93. The first-order valence-electron chi connectivity index (χ1n) is 9.95. The standard InChI is InChI=1S/C21H19N5O6S/c1-11-3-4-12-9-26(18(27)13(12)7-11)10-21(19(28)23-20(29)24-21)16-8-14-15(32-16)5-6-17(22-14)25-33(2,30)31/h3-8H,9-10H2,1-2H3,(H,22,25)(H2,23,24,28,29)/t21-/m0/s1. The fourth-order valence-electron chi connectivity index (χ4n) is 4.12. The molecule has 4 heterocycles. The molecule has 4 amide bonds. The van der Waals surface area contributed by atoms with Crippen LogP contribution in [0.25, 0.3) is 11.1 Å². The van der Waals surface area contributed by atoms with Crippen molar-refractivity contribution in [3.05, 3.63) is 58.8 Å². The van der Waals surface area contributed by atoms with Crippen molar-refractivity contribution in [3.63, 3.8) is 0 Å². The van der Waals surface area contributed by atoms with Gasteiger partial charge in [0.05, 0.1) is 12.8 Å². The molecule has 0 saturated carbocycles. The number of nitrogens with zero attached hydrogens (tertiary/aromatic N) is 2. The van der Waals surface area contributed by atoms with Crippen LogP contribution < -0.4 is 15.4 Å². The monoisotopic (exact) mass is 469 g/mol. The van der Waals surface area contributed by atoms with Gasteiger partial charge in [-0.2, -0.15) is 0 Å². The Kier molecular flexibility index (Phi) is 4.47. The lowest BCUT2D eigenvalue weighted by atomic mass is 9.95. The Balaban J connectivity index is 1.54. The molecule has 0 unspecified atom stereocenters. The normalized spacial score (nSPS) is 20.2. The summed E-state index contributed by atoms with van der Waals surface area (Å²) in [4.78, 5) is 43.8. The molecule has 1 saturated heterocycles. The molecule has 12 heteroatoms. The first kappa shape index (κ1) is 20.9. The number of anilines is 1. The van der Waals surface area contributed by atoms with Gasteiger partial charge in [0.25, 0.3) is 11.8 Å². The molecule has 0 bridgehead atoms. The number of aryl methyl sites for hydroxylation is 1. The Morgan fingerprint density at radius 1 is 1.18 bits per heavy atom. The van der Waals surface area contributed by atoms with E-state index < -0.39 is 27.5 Å². The van der Waals surface area contributed by atoms with E-state index in [0.29, 0.717) is 5.56 Å². The molecular formula is C21H19N5O6S. The van der Waals surface area contributed by atoms with E-state index in [9.17, 15) is 22.8 Å². The van der Waals surface area contributed by atoms with Crippen molar-refractivity contribution in [3.8, 4) is 0 Å². The Morgan fingerprint density at radius 2 is 1.97 bits per heavy atom. The van der Waals surface area contributed by atoms with Crippen molar-refractivity contribution in [2.45, 2.75) is 19.0 Å². The zero-order valence-corrected chi connectivity index (χ0v) is 18.4. The molecule has 1 fully saturated rings. The molecule has 3 aromatic rings. The summed E-state index contributed by atoms with van der Waals surface area (Å²) in [6.45, 7) is 2.00. The summed E-state index contributed by atoms with van der Waals surface area (Å²) in [6.07, 6.45) is 1.000. The predicted molar refractivity (Wildman–Crippen MR) is 117 cm³/mol. The molecule has 33 heavy (non-hydrogen) atoms. The third kappa shape index (κ3) is 3.57. The first-order chi connectivity index (χ1) is 15.5. The van der Waals surface area contributed by atoms with Crippen molar-refractivity contribution >= 4 is 44.8 Å². The zero-order chi connectivity index (χ0) is 23.5. The van der Waals surface area contributed by atoms with E-state index in [2.05, 4.69) is 20.3 Å². The first-order valence-corrected chi connectivity index (χ1v) is 11.8. The molecule has 0 aliphatic carbocycles. The smallest absolute Gasteiger partial charge is 0.322 e. The van der Waals surface area contributed by atoms with Crippen molar-refractivity contribution in [1.29, 1.82) is 0 Å². The average Bonchev–Trinajstić information content (AvgIpc) is 3.36. The molecule has 2 aromatic heterocycles. The molecular weight excluding hydrogens is 450 g/mol. The number of amides is 4. The molecule has 2 aliphatic heterocycles. The van der Waals surface area contributed by atoms with E-state index in [1.165, 1.54) is 23.1 Å². The van der Waals surface area contributed by atoms with Gasteiger partial charge in [-0.1, -0.05) is 17.7 Å². The summed E-state index contributed by atoms with van der Waals surface area (Å²) >= 11 is 0. The van der Waals surface area contributed by atoms with Gasteiger partial charge in [0.1, 0.15) is 17.1 Å². The maximum absolute atomic E-state index is 13.0. The number of fused-ring (bicyclic) bond motifs is 2. The minimum Gasteiger partial charge on any atom is -0.456 e. The van der Waals surface area contributed by atoms with E-state index in [0.717, 1.165) is 17.4 Å². The number of carbonyl (C=O) groups is 3. The summed E-state index contributed by atoms with van der Waals surface area (Å²) < 4.78 is 31.1. The van der Waals surface area contributed by atoms with Gasteiger partial charge in [0.15, 0.2) is 11.1 Å². The predicted octanol–water partition coefficient (Wildman–Crippen LogP) is 1.20. The Morgan fingerprint density at radius 3 is 2.67 bits per heavy atom. The second-order valence-corrected chi connectivity index (χ2v) is 9.95. The largest absolute Gasteiger partial charge is 0.456 e. The summed E-state index contributed by atoms with van der Waals surface area (Å²) in [5, 5.41) is 4.82. The fraction of sp³-hybridized carbons (Fsp3) is 0.238. The molecule has 1 atom stereocenters. The lowest BCUT2D eigenvalue weighted by Crippen LogP contribution is -2.52. The highest BCUT2D eigenvalue weighted by Crippen LogP contribution is 2.34. The van der Waals surface area contributed by atoms with Crippen molar-refractivity contribution in [2.24, 2.45) is 0 Å². The number of pyridine rings is 1. The number of urea groups is 1. The lowest BCUT2D eigenvalue weighted by Gasteiger charge is -2.28. The second-order valence-electron chi connectivity index (χ2n) is 8.20. The lowest BCUT2D eigenvalue weighted by molar-refractivity contribution is -0.125. The molecule has 170 valence electrons. The molecule has 1 aromatic carbocycles. The van der Waals surface area contributed by atoms with Crippen molar-refractivity contribution in [1.82, 2.24) is 20.5 Å². The SMILES string of the molecule is Cc1ccc2c(c1)C(=O)N(C[C@@]1(c3cc4nc(NS(C)(=O)=O)ccc4o3)NC(=O)NC1=O)C2. The molecule has 0 radical (unpaired) electrons. The summed E-state index contributed by atoms with van der Waals surface area (Å²) in [7, 11) is -3.54. The quantitative estimate of drug-likeness (QED) is 0.475. The molecule has 11 nitrogen and oxygen atoms in total. The second kappa shape index (κ2) is 7.04. The third-order valence-corrected chi connectivity index (χ3v) is 6.18. The number of benzene rings is 1. The van der Waals surface area contributed by atoms with Gasteiger partial charge in [-0.25, -0.2) is 18.2 Å². The van der Waals surface area contributed by atoms with Crippen LogP contribution in [0.1, 0.15) is 27.2 Å². The van der Waals surface area contributed by atoms with Crippen LogP contribution in [0.15, 0.2) is 40.8 Å². The number of sulfonamides is 1. The van der Waals surface area contributed by atoms with Crippen LogP contribution >= 0.6 is 0 Å². The van der Waals surface area contributed by atoms with Crippen LogP contribution in [-0.2, 0) is 26.9 Å². The van der Waals surface area contributed by atoms with Crippen molar-refractivity contribution in [2.75, 3.05) is 17.5 Å². The number of furan rings is 1. The van der Waals surface area contributed by atoms with Crippen LogP contribution in [-0.4, -0.2) is 48.9 Å². The number of rotatable bonds is 5. The number of carbonyl (C=O) groups excluding carboxylic acids is 3. The number of nitrogens with one attached hydrogen (secondary N) is 3. The number of hydrogen-bond acceptors (Lipinski definition) is 7. The van der Waals surface area contributed by atoms with E-state index in [-0.39, 0.29) is 41.7 Å². The number of aromatic nitrogens is 1. The van der Waals surface area contributed by atoms with Gasteiger partial charge >= 0.3 is 6.03 Å². The van der Waals surface area contributed by atoms with Gasteiger partial charge in [-0.3, -0.25) is 19.6 Å². The number of hydrogen-bond donors (Lipinski definition) is 3. The van der Waals surface area contributed by atoms with E-state index in [1.807, 2.05) is 19.1 Å². The van der Waals surface area contributed by atoms with Crippen molar-refractivity contribution < 1.29 is 27.2 Å². The fourth-order valence-corrected chi connectivity index (χ4v) is 4.62. The van der Waals surface area contributed by atoms with E-state index in [1.54, 1.807) is 6.07 Å². The van der Waals surface area contributed by atoms with E-state index >= 15 is 0 Å². The highest BCUT2D eigenvalue weighted by molar-refractivity contribution is 7.92. The van der Waals surface area contributed by atoms with Gasteiger partial charge < -0.3 is 14.6 Å². The van der Waals surface area contributed by atoms with Crippen LogP contribution in [0, 0.1) is 6.92 Å². The van der Waals surface area contributed by atoms with E-state index in [4.69, 9.17) is 4.42 Å². The molecule has 2 aliphatic rings. The van der Waals surface area contributed by atoms with Crippen LogP contribution in [0.2, 0.25) is 0 Å². The zero-order valence-electron chi connectivity index (χ0n) is 17.6. The maximum atomic E-state index is 13.0. The molecule has 0 spiro atoms. The average molecular weight is 469 g/mol. The van der Waals surface area contributed by atoms with Gasteiger partial charge in [-0.05, 0) is 30.7 Å². The van der Waals surface area contributed by atoms with Crippen LogP contribution in [0.3, 0.4) is 0 Å². The Labute approximate surface area is 188 Å². The highest BCUT2D eigenvalue weighted by Gasteiger charge is 2.53.